The minimum absolute atomic E-state index is 0.0562. The number of aryl methyl sites for hydroxylation is 2. The monoisotopic (exact) mass is 278 g/mol. The second-order valence-electron chi connectivity index (χ2n) is 4.06. The average molecular weight is 278 g/mol. The molecule has 0 aliphatic rings. The summed E-state index contributed by atoms with van der Waals surface area (Å²) in [5.41, 5.74) is 5.88. The van der Waals surface area contributed by atoms with E-state index in [9.17, 15) is 9.59 Å². The van der Waals surface area contributed by atoms with Gasteiger partial charge < -0.3 is 15.8 Å². The first-order valence-corrected chi connectivity index (χ1v) is 5.65. The molecular formula is C11H14N6O3. The van der Waals surface area contributed by atoms with E-state index in [0.29, 0.717) is 11.6 Å². The molecule has 0 fully saturated rings. The molecule has 2 aromatic rings. The molecule has 9 heteroatoms. The second-order valence-corrected chi connectivity index (χ2v) is 4.06. The highest BCUT2D eigenvalue weighted by molar-refractivity contribution is 6.04. The first-order valence-electron chi connectivity index (χ1n) is 5.65. The number of methoxy groups -OCH3 is 1. The molecule has 2 aromatic heterocycles. The molecule has 1 amide bonds. The van der Waals surface area contributed by atoms with Crippen LogP contribution < -0.4 is 11.1 Å². The van der Waals surface area contributed by atoms with Crippen LogP contribution in [0.3, 0.4) is 0 Å². The van der Waals surface area contributed by atoms with Gasteiger partial charge in [0.1, 0.15) is 11.5 Å². The standard InChI is InChI=1S/C11H14N6O3/c1-16-7(4-6(14-16)11(19)20-3)10(18)13-9-5-8(12)17(2)15-9/h4-5H,12H2,1-3H3,(H,13,15,18). The van der Waals surface area contributed by atoms with Gasteiger partial charge in [0.2, 0.25) is 0 Å². The van der Waals surface area contributed by atoms with E-state index in [2.05, 4.69) is 20.3 Å². The third-order valence-corrected chi connectivity index (χ3v) is 2.66. The van der Waals surface area contributed by atoms with Crippen LogP contribution >= 0.6 is 0 Å². The molecule has 0 bridgehead atoms. The second kappa shape index (κ2) is 5.03. The zero-order valence-electron chi connectivity index (χ0n) is 11.2. The van der Waals surface area contributed by atoms with Crippen LogP contribution in [0.5, 0.6) is 0 Å². The summed E-state index contributed by atoms with van der Waals surface area (Å²) in [7, 11) is 4.45. The molecule has 0 unspecified atom stereocenters. The lowest BCUT2D eigenvalue weighted by atomic mass is 10.3. The van der Waals surface area contributed by atoms with Crippen molar-refractivity contribution in [3.63, 3.8) is 0 Å². The molecular weight excluding hydrogens is 264 g/mol. The number of anilines is 2. The minimum Gasteiger partial charge on any atom is -0.464 e. The summed E-state index contributed by atoms with van der Waals surface area (Å²) in [6, 6.07) is 2.86. The third kappa shape index (κ3) is 2.46. The number of rotatable bonds is 3. The van der Waals surface area contributed by atoms with Crippen molar-refractivity contribution >= 4 is 23.5 Å². The van der Waals surface area contributed by atoms with Crippen LogP contribution in [-0.2, 0) is 18.8 Å². The van der Waals surface area contributed by atoms with Crippen molar-refractivity contribution in [1.82, 2.24) is 19.6 Å². The zero-order chi connectivity index (χ0) is 14.9. The number of amides is 1. The summed E-state index contributed by atoms with van der Waals surface area (Å²) in [5.74, 6) is -0.327. The number of nitrogen functional groups attached to an aromatic ring is 1. The molecule has 20 heavy (non-hydrogen) atoms. The van der Waals surface area contributed by atoms with Crippen LogP contribution in [0.1, 0.15) is 21.0 Å². The van der Waals surface area contributed by atoms with Gasteiger partial charge in [0.15, 0.2) is 11.5 Å². The summed E-state index contributed by atoms with van der Waals surface area (Å²) in [6.45, 7) is 0. The molecule has 9 nitrogen and oxygen atoms in total. The maximum Gasteiger partial charge on any atom is 0.358 e. The number of nitrogens with two attached hydrogens (primary N) is 1. The molecule has 0 radical (unpaired) electrons. The van der Waals surface area contributed by atoms with E-state index < -0.39 is 11.9 Å². The first kappa shape index (κ1) is 13.6. The number of carbonyl (C=O) groups excluding carboxylic acids is 2. The predicted molar refractivity (Wildman–Crippen MR) is 70.1 cm³/mol. The minimum atomic E-state index is -0.610. The third-order valence-electron chi connectivity index (χ3n) is 2.66. The van der Waals surface area contributed by atoms with Gasteiger partial charge in [-0.1, -0.05) is 0 Å². The molecule has 0 saturated heterocycles. The van der Waals surface area contributed by atoms with Crippen molar-refractivity contribution < 1.29 is 14.3 Å². The molecule has 0 saturated carbocycles. The van der Waals surface area contributed by atoms with Gasteiger partial charge in [-0.2, -0.15) is 10.2 Å². The number of aromatic nitrogens is 4. The fourth-order valence-corrected chi connectivity index (χ4v) is 1.61. The predicted octanol–water partition coefficient (Wildman–Crippen LogP) is -0.225. The highest BCUT2D eigenvalue weighted by Crippen LogP contribution is 2.12. The van der Waals surface area contributed by atoms with Crippen molar-refractivity contribution in [2.45, 2.75) is 0 Å². The van der Waals surface area contributed by atoms with Gasteiger partial charge in [0.25, 0.3) is 5.91 Å². The fourth-order valence-electron chi connectivity index (χ4n) is 1.61. The first-order chi connectivity index (χ1) is 9.42. The van der Waals surface area contributed by atoms with Crippen molar-refractivity contribution in [2.75, 3.05) is 18.2 Å². The van der Waals surface area contributed by atoms with E-state index in [1.54, 1.807) is 14.1 Å². The largest absolute Gasteiger partial charge is 0.464 e. The Labute approximate surface area is 114 Å². The number of esters is 1. The van der Waals surface area contributed by atoms with Crippen LogP contribution in [-0.4, -0.2) is 38.5 Å². The fraction of sp³-hybridized carbons (Fsp3) is 0.273. The highest BCUT2D eigenvalue weighted by atomic mass is 16.5. The molecule has 3 N–H and O–H groups in total. The van der Waals surface area contributed by atoms with Crippen LogP contribution in [0.15, 0.2) is 12.1 Å². The van der Waals surface area contributed by atoms with Gasteiger partial charge in [-0.05, 0) is 0 Å². The summed E-state index contributed by atoms with van der Waals surface area (Å²) < 4.78 is 7.26. The summed E-state index contributed by atoms with van der Waals surface area (Å²) in [6.07, 6.45) is 0. The maximum atomic E-state index is 12.1. The van der Waals surface area contributed by atoms with Gasteiger partial charge in [-0.25, -0.2) is 4.79 Å². The van der Waals surface area contributed by atoms with Crippen LogP contribution in [0, 0.1) is 0 Å². The molecule has 0 aromatic carbocycles. The number of ether oxygens (including phenoxy) is 1. The number of hydrogen-bond acceptors (Lipinski definition) is 6. The molecule has 0 spiro atoms. The zero-order valence-corrected chi connectivity index (χ0v) is 11.2. The van der Waals surface area contributed by atoms with Gasteiger partial charge >= 0.3 is 5.97 Å². The van der Waals surface area contributed by atoms with Crippen LogP contribution in [0.2, 0.25) is 0 Å². The highest BCUT2D eigenvalue weighted by Gasteiger charge is 2.18. The number of hydrogen-bond donors (Lipinski definition) is 2. The van der Waals surface area contributed by atoms with E-state index in [1.807, 2.05) is 0 Å². The Hall–Kier alpha value is -2.84. The lowest BCUT2D eigenvalue weighted by Crippen LogP contribution is -2.16. The van der Waals surface area contributed by atoms with E-state index >= 15 is 0 Å². The van der Waals surface area contributed by atoms with Gasteiger partial charge in [0.05, 0.1) is 7.11 Å². The average Bonchev–Trinajstić information content (AvgIpc) is 2.92. The topological polar surface area (TPSA) is 117 Å². The lowest BCUT2D eigenvalue weighted by Gasteiger charge is -2.01. The Bertz CT molecular complexity index is 652. The normalized spacial score (nSPS) is 10.3. The van der Waals surface area contributed by atoms with Crippen LogP contribution in [0.4, 0.5) is 11.6 Å². The van der Waals surface area contributed by atoms with Gasteiger partial charge in [-0.15, -0.1) is 0 Å². The van der Waals surface area contributed by atoms with Crippen molar-refractivity contribution in [1.29, 1.82) is 0 Å². The summed E-state index contributed by atoms with van der Waals surface area (Å²) in [4.78, 5) is 23.4. The number of nitrogens with zero attached hydrogens (tertiary/aromatic N) is 4. The molecule has 106 valence electrons. The van der Waals surface area contributed by atoms with Gasteiger partial charge in [-0.3, -0.25) is 14.2 Å². The van der Waals surface area contributed by atoms with E-state index in [1.165, 1.54) is 28.6 Å². The van der Waals surface area contributed by atoms with Crippen molar-refractivity contribution in [2.24, 2.45) is 14.1 Å². The number of carbonyl (C=O) groups is 2. The van der Waals surface area contributed by atoms with Crippen LogP contribution in [0.25, 0.3) is 0 Å². The quantitative estimate of drug-likeness (QED) is 0.749. The van der Waals surface area contributed by atoms with Gasteiger partial charge in [0, 0.05) is 26.2 Å². The van der Waals surface area contributed by atoms with Crippen molar-refractivity contribution in [3.8, 4) is 0 Å². The maximum absolute atomic E-state index is 12.1. The van der Waals surface area contributed by atoms with E-state index in [0.717, 1.165) is 0 Å². The summed E-state index contributed by atoms with van der Waals surface area (Å²) in [5, 5.41) is 10.5. The Balaban J connectivity index is 2.21. The smallest absolute Gasteiger partial charge is 0.358 e. The van der Waals surface area contributed by atoms with E-state index in [4.69, 9.17) is 5.73 Å². The van der Waals surface area contributed by atoms with Crippen molar-refractivity contribution in [3.05, 3.63) is 23.5 Å². The number of nitrogens with one attached hydrogen (secondary N) is 1. The Morgan fingerprint density at radius 1 is 1.25 bits per heavy atom. The summed E-state index contributed by atoms with van der Waals surface area (Å²) >= 11 is 0. The SMILES string of the molecule is COC(=O)c1cc(C(=O)Nc2cc(N)n(C)n2)n(C)n1. The Morgan fingerprint density at radius 3 is 2.50 bits per heavy atom. The molecule has 0 aliphatic carbocycles. The van der Waals surface area contributed by atoms with E-state index in [-0.39, 0.29) is 11.4 Å². The molecule has 0 aliphatic heterocycles. The lowest BCUT2D eigenvalue weighted by molar-refractivity contribution is 0.0593. The Kier molecular flexibility index (Phi) is 3.42. The molecule has 2 heterocycles. The Morgan fingerprint density at radius 2 is 1.95 bits per heavy atom. The molecule has 0 atom stereocenters. The molecule has 2 rings (SSSR count).